The minimum absolute atomic E-state index is 0.00718. The number of rotatable bonds is 2. The summed E-state index contributed by atoms with van der Waals surface area (Å²) in [7, 11) is 0. The van der Waals surface area contributed by atoms with Crippen molar-refractivity contribution in [3.8, 4) is 0 Å². The van der Waals surface area contributed by atoms with Crippen LogP contribution in [0.5, 0.6) is 0 Å². The fourth-order valence-corrected chi connectivity index (χ4v) is 2.90. The third kappa shape index (κ3) is 2.97. The molecular formula is C15H26N2O3. The Balaban J connectivity index is 2.12. The zero-order valence-corrected chi connectivity index (χ0v) is 13.1. The van der Waals surface area contributed by atoms with E-state index in [2.05, 4.69) is 5.32 Å². The van der Waals surface area contributed by atoms with Crippen molar-refractivity contribution in [3.63, 3.8) is 0 Å². The Kier molecular flexibility index (Phi) is 4.09. The number of amides is 2. The van der Waals surface area contributed by atoms with Crippen LogP contribution in [0.4, 0.5) is 0 Å². The average molecular weight is 282 g/mol. The Bertz CT molecular complexity index is 402. The molecule has 0 radical (unpaired) electrons. The van der Waals surface area contributed by atoms with Gasteiger partial charge in [0.05, 0.1) is 12.2 Å². The monoisotopic (exact) mass is 282 g/mol. The second-order valence-corrected chi connectivity index (χ2v) is 7.12. The quantitative estimate of drug-likeness (QED) is 0.831. The molecule has 5 nitrogen and oxygen atoms in total. The first-order chi connectivity index (χ1) is 9.20. The molecule has 0 bridgehead atoms. The van der Waals surface area contributed by atoms with Crippen molar-refractivity contribution in [1.82, 2.24) is 10.2 Å². The van der Waals surface area contributed by atoms with Gasteiger partial charge in [0.1, 0.15) is 12.1 Å². The molecule has 0 saturated carbocycles. The van der Waals surface area contributed by atoms with Crippen LogP contribution in [0.15, 0.2) is 0 Å². The minimum atomic E-state index is -0.454. The maximum absolute atomic E-state index is 12.7. The lowest BCUT2D eigenvalue weighted by Crippen LogP contribution is -2.66. The van der Waals surface area contributed by atoms with Gasteiger partial charge in [-0.15, -0.1) is 0 Å². The van der Waals surface area contributed by atoms with Crippen molar-refractivity contribution < 1.29 is 14.3 Å². The van der Waals surface area contributed by atoms with Crippen LogP contribution in [-0.2, 0) is 14.3 Å². The molecule has 0 spiro atoms. The number of hydrogen-bond acceptors (Lipinski definition) is 3. The van der Waals surface area contributed by atoms with Gasteiger partial charge >= 0.3 is 0 Å². The Hall–Kier alpha value is -1.10. The van der Waals surface area contributed by atoms with Gasteiger partial charge in [0, 0.05) is 6.54 Å². The van der Waals surface area contributed by atoms with Crippen LogP contribution in [0, 0.1) is 5.41 Å². The summed E-state index contributed by atoms with van der Waals surface area (Å²) in [5.41, 5.74) is -0.283. The fraction of sp³-hybridized carbons (Fsp3) is 0.867. The number of carbonyl (C=O) groups excluding carboxylic acids is 2. The highest BCUT2D eigenvalue weighted by molar-refractivity contribution is 5.97. The number of nitrogens with one attached hydrogen (secondary N) is 1. The summed E-state index contributed by atoms with van der Waals surface area (Å²) < 4.78 is 5.79. The Morgan fingerprint density at radius 1 is 1.25 bits per heavy atom. The van der Waals surface area contributed by atoms with Gasteiger partial charge in [-0.25, -0.2) is 0 Å². The van der Waals surface area contributed by atoms with Crippen molar-refractivity contribution in [2.75, 3.05) is 6.54 Å². The first kappa shape index (κ1) is 15.3. The van der Waals surface area contributed by atoms with E-state index in [0.717, 1.165) is 12.8 Å². The Morgan fingerprint density at radius 3 is 2.40 bits per heavy atom. The number of ether oxygens (including phenoxy) is 1. The molecule has 114 valence electrons. The van der Waals surface area contributed by atoms with Crippen molar-refractivity contribution in [2.24, 2.45) is 5.41 Å². The second-order valence-electron chi connectivity index (χ2n) is 7.12. The molecule has 0 aromatic carbocycles. The van der Waals surface area contributed by atoms with Gasteiger partial charge < -0.3 is 15.0 Å². The second kappa shape index (κ2) is 5.35. The number of piperazine rings is 1. The van der Waals surface area contributed by atoms with Gasteiger partial charge in [0.15, 0.2) is 0 Å². The van der Waals surface area contributed by atoms with Gasteiger partial charge in [0.2, 0.25) is 11.8 Å². The first-order valence-corrected chi connectivity index (χ1v) is 7.46. The van der Waals surface area contributed by atoms with E-state index >= 15 is 0 Å². The summed E-state index contributed by atoms with van der Waals surface area (Å²) in [6.45, 7) is 10.3. The van der Waals surface area contributed by atoms with E-state index in [9.17, 15) is 9.59 Å². The van der Waals surface area contributed by atoms with Crippen LogP contribution in [-0.4, -0.2) is 47.6 Å². The molecular weight excluding hydrogens is 256 g/mol. The van der Waals surface area contributed by atoms with E-state index < -0.39 is 12.1 Å². The van der Waals surface area contributed by atoms with Gasteiger partial charge in [-0.1, -0.05) is 20.8 Å². The topological polar surface area (TPSA) is 58.6 Å². The summed E-state index contributed by atoms with van der Waals surface area (Å²) in [4.78, 5) is 26.4. The lowest BCUT2D eigenvalue weighted by atomic mass is 9.84. The minimum Gasteiger partial charge on any atom is -0.373 e. The Morgan fingerprint density at radius 2 is 1.90 bits per heavy atom. The molecule has 2 heterocycles. The zero-order valence-electron chi connectivity index (χ0n) is 13.1. The first-order valence-electron chi connectivity index (χ1n) is 7.46. The molecule has 1 N–H and O–H groups in total. The van der Waals surface area contributed by atoms with Gasteiger partial charge in [-0.05, 0) is 32.1 Å². The van der Waals surface area contributed by atoms with Gasteiger partial charge in [-0.2, -0.15) is 0 Å². The third-order valence-corrected chi connectivity index (χ3v) is 4.25. The molecule has 2 saturated heterocycles. The Labute approximate surface area is 121 Å². The SMILES string of the molecule is CC1CCC(CN2C(=O)C(C(C)(C)C)NC(=O)C2C)O1. The summed E-state index contributed by atoms with van der Waals surface area (Å²) in [6, 6.07) is -0.870. The van der Waals surface area contributed by atoms with Crippen molar-refractivity contribution in [2.45, 2.75) is 71.8 Å². The lowest BCUT2D eigenvalue weighted by Gasteiger charge is -2.43. The number of carbonyl (C=O) groups is 2. The molecule has 4 atom stereocenters. The molecule has 2 fully saturated rings. The van der Waals surface area contributed by atoms with Crippen LogP contribution in [0.2, 0.25) is 0 Å². The zero-order chi connectivity index (χ0) is 15.1. The molecule has 4 unspecified atom stereocenters. The lowest BCUT2D eigenvalue weighted by molar-refractivity contribution is -0.153. The predicted octanol–water partition coefficient (Wildman–Crippen LogP) is 1.32. The fourth-order valence-electron chi connectivity index (χ4n) is 2.90. The van der Waals surface area contributed by atoms with Crippen LogP contribution >= 0.6 is 0 Å². The van der Waals surface area contributed by atoms with Crippen molar-refractivity contribution in [1.29, 1.82) is 0 Å². The van der Waals surface area contributed by atoms with Gasteiger partial charge in [-0.3, -0.25) is 9.59 Å². The van der Waals surface area contributed by atoms with Crippen LogP contribution in [0.3, 0.4) is 0 Å². The normalized spacial score (nSPS) is 35.4. The van der Waals surface area contributed by atoms with E-state index in [1.165, 1.54) is 0 Å². The molecule has 2 aliphatic rings. The standard InChI is InChI=1S/C15H26N2O3/c1-9-6-7-11(20-9)8-17-10(2)13(18)16-12(14(17)19)15(3,4)5/h9-12H,6-8H2,1-5H3,(H,16,18). The van der Waals surface area contributed by atoms with E-state index in [0.29, 0.717) is 6.54 Å². The third-order valence-electron chi connectivity index (χ3n) is 4.25. The molecule has 0 aromatic heterocycles. The average Bonchev–Trinajstić information content (AvgIpc) is 2.73. The van der Waals surface area contributed by atoms with Gasteiger partial charge in [0.25, 0.3) is 0 Å². The summed E-state index contributed by atoms with van der Waals surface area (Å²) in [6.07, 6.45) is 2.29. The number of nitrogens with zero attached hydrogens (tertiary/aromatic N) is 1. The molecule has 2 amide bonds. The maximum atomic E-state index is 12.7. The van der Waals surface area contributed by atoms with Crippen molar-refractivity contribution >= 4 is 11.8 Å². The molecule has 0 aliphatic carbocycles. The highest BCUT2D eigenvalue weighted by atomic mass is 16.5. The summed E-state index contributed by atoms with van der Waals surface area (Å²) >= 11 is 0. The molecule has 2 aliphatic heterocycles. The van der Waals surface area contributed by atoms with E-state index in [1.54, 1.807) is 11.8 Å². The smallest absolute Gasteiger partial charge is 0.246 e. The van der Waals surface area contributed by atoms with Crippen LogP contribution in [0.1, 0.15) is 47.5 Å². The highest BCUT2D eigenvalue weighted by Gasteiger charge is 2.44. The van der Waals surface area contributed by atoms with Crippen LogP contribution in [0.25, 0.3) is 0 Å². The number of hydrogen-bond donors (Lipinski definition) is 1. The summed E-state index contributed by atoms with van der Waals surface area (Å²) in [5.74, 6) is -0.0664. The molecule has 20 heavy (non-hydrogen) atoms. The molecule has 5 heteroatoms. The highest BCUT2D eigenvalue weighted by Crippen LogP contribution is 2.27. The summed E-state index contributed by atoms with van der Waals surface area (Å²) in [5, 5.41) is 2.85. The molecule has 2 rings (SSSR count). The van der Waals surface area contributed by atoms with E-state index in [1.807, 2.05) is 27.7 Å². The maximum Gasteiger partial charge on any atom is 0.246 e. The van der Waals surface area contributed by atoms with Crippen molar-refractivity contribution in [3.05, 3.63) is 0 Å². The largest absolute Gasteiger partial charge is 0.373 e. The van der Waals surface area contributed by atoms with E-state index in [4.69, 9.17) is 4.74 Å². The molecule has 0 aromatic rings. The predicted molar refractivity (Wildman–Crippen MR) is 76.1 cm³/mol. The van der Waals surface area contributed by atoms with E-state index in [-0.39, 0.29) is 29.4 Å². The van der Waals surface area contributed by atoms with Crippen LogP contribution < -0.4 is 5.32 Å².